The molecule has 0 radical (unpaired) electrons. The van der Waals surface area contributed by atoms with Crippen molar-refractivity contribution in [3.05, 3.63) is 123 Å². The average molecular weight is 966 g/mol. The lowest BCUT2D eigenvalue weighted by molar-refractivity contribution is 0.0523. The molecule has 0 bridgehead atoms. The van der Waals surface area contributed by atoms with Gasteiger partial charge in [0.2, 0.25) is 0 Å². The highest BCUT2D eigenvalue weighted by atomic mass is 32.1. The second kappa shape index (κ2) is 20.9. The van der Waals surface area contributed by atoms with Gasteiger partial charge in [0, 0.05) is 80.1 Å². The van der Waals surface area contributed by atoms with Crippen LogP contribution in [-0.2, 0) is 49.4 Å². The summed E-state index contributed by atoms with van der Waals surface area (Å²) in [6.45, 7) is 22.3. The van der Waals surface area contributed by atoms with Gasteiger partial charge in [-0.15, -0.1) is 11.3 Å². The molecular weight excluding hydrogens is 903 g/mol. The second-order valence-corrected chi connectivity index (χ2v) is 20.9. The van der Waals surface area contributed by atoms with E-state index in [1.54, 1.807) is 18.9 Å². The van der Waals surface area contributed by atoms with Gasteiger partial charge in [0.05, 0.1) is 47.1 Å². The van der Waals surface area contributed by atoms with E-state index in [1.807, 2.05) is 80.4 Å². The van der Waals surface area contributed by atoms with Gasteiger partial charge >= 0.3 is 6.09 Å². The number of ether oxygens (including phenoxy) is 1. The highest BCUT2D eigenvalue weighted by Gasteiger charge is 2.22. The minimum atomic E-state index is -0.520. The molecule has 2 aliphatic rings. The van der Waals surface area contributed by atoms with Crippen LogP contribution in [0.5, 0.6) is 0 Å². The molecule has 19 heteroatoms. The Kier molecular flexibility index (Phi) is 14.7. The third-order valence-corrected chi connectivity index (χ3v) is 13.2. The summed E-state index contributed by atoms with van der Waals surface area (Å²) in [7, 11) is 4.23. The van der Waals surface area contributed by atoms with Crippen molar-refractivity contribution in [3.8, 4) is 22.5 Å². The van der Waals surface area contributed by atoms with E-state index in [9.17, 15) is 9.59 Å². The lowest BCUT2D eigenvalue weighted by Crippen LogP contribution is -2.32. The van der Waals surface area contributed by atoms with Crippen LogP contribution >= 0.6 is 11.3 Å². The molecule has 2 amide bonds. The zero-order valence-corrected chi connectivity index (χ0v) is 42.5. The number of hydrogen-bond acceptors (Lipinski definition) is 15. The highest BCUT2D eigenvalue weighted by Crippen LogP contribution is 2.29. The molecule has 4 N–H and O–H groups in total. The summed E-state index contributed by atoms with van der Waals surface area (Å²) in [6, 6.07) is 20.2. The van der Waals surface area contributed by atoms with Crippen molar-refractivity contribution in [1.29, 1.82) is 0 Å². The molecule has 0 fully saturated rings. The fourth-order valence-electron chi connectivity index (χ4n) is 7.92. The molecule has 70 heavy (non-hydrogen) atoms. The number of carbonyl (C=O) groups is 2. The van der Waals surface area contributed by atoms with Gasteiger partial charge in [-0.2, -0.15) is 10.2 Å². The molecule has 0 spiro atoms. The van der Waals surface area contributed by atoms with E-state index < -0.39 is 11.7 Å². The number of amides is 2. The molecule has 2 aromatic carbocycles. The van der Waals surface area contributed by atoms with Gasteiger partial charge in [0.1, 0.15) is 34.8 Å². The molecule has 0 saturated carbocycles. The van der Waals surface area contributed by atoms with Crippen molar-refractivity contribution in [2.45, 2.75) is 106 Å². The van der Waals surface area contributed by atoms with Gasteiger partial charge < -0.3 is 26.0 Å². The number of rotatable bonds is 11. The molecule has 0 unspecified atom stereocenters. The number of hydrogen-bond donors (Lipinski definition) is 4. The molecule has 366 valence electrons. The zero-order chi connectivity index (χ0) is 49.7. The van der Waals surface area contributed by atoms with Gasteiger partial charge in [-0.25, -0.2) is 29.7 Å². The van der Waals surface area contributed by atoms with E-state index in [0.717, 1.165) is 101 Å². The lowest BCUT2D eigenvalue weighted by Gasteiger charge is -2.22. The van der Waals surface area contributed by atoms with Crippen LogP contribution in [0, 0.1) is 13.8 Å². The molecule has 7 heterocycles. The summed E-state index contributed by atoms with van der Waals surface area (Å²) in [4.78, 5) is 51.8. The Balaban J connectivity index is 0.000000190. The minimum absolute atomic E-state index is 0.0683. The van der Waals surface area contributed by atoms with Crippen molar-refractivity contribution in [2.24, 2.45) is 0 Å². The molecule has 18 nitrogen and oxygen atoms in total. The maximum Gasteiger partial charge on any atom is 0.407 e. The lowest BCUT2D eigenvalue weighted by atomic mass is 9.98. The van der Waals surface area contributed by atoms with Crippen LogP contribution in [0.4, 0.5) is 28.1 Å². The quantitative estimate of drug-likeness (QED) is 0.0964. The third-order valence-electron chi connectivity index (χ3n) is 11.7. The number of fused-ring (bicyclic) bond motifs is 2. The van der Waals surface area contributed by atoms with E-state index in [0.29, 0.717) is 29.6 Å². The van der Waals surface area contributed by atoms with E-state index in [2.05, 4.69) is 125 Å². The SMILES string of the molecule is Cc1cc(-c2cc(Nc3cc4n(n3)CCN(C)C4)ncn2)ccc1CNC(=O)OC(C)(C)C.Cc1cc(-c2cc(Nc3cc4n(n3)CCN(C)C4)ncn2)ccc1CNC(=O)c1cnc(C(C)(C)C)s1. The van der Waals surface area contributed by atoms with Gasteiger partial charge in [-0.1, -0.05) is 45.0 Å². The largest absolute Gasteiger partial charge is 0.444 e. The predicted molar refractivity (Wildman–Crippen MR) is 273 cm³/mol. The Bertz CT molecular complexity index is 2980. The zero-order valence-electron chi connectivity index (χ0n) is 41.7. The summed E-state index contributed by atoms with van der Waals surface area (Å²) >= 11 is 1.45. The summed E-state index contributed by atoms with van der Waals surface area (Å²) in [5.74, 6) is 2.85. The van der Waals surface area contributed by atoms with Crippen LogP contribution in [0.2, 0.25) is 0 Å². The first kappa shape index (κ1) is 49.3. The Morgan fingerprint density at radius 2 is 1.13 bits per heavy atom. The van der Waals surface area contributed by atoms with Crippen molar-refractivity contribution < 1.29 is 14.3 Å². The number of likely N-dealkylation sites (N-methyl/N-ethyl adjacent to an activating group) is 2. The van der Waals surface area contributed by atoms with Gasteiger partial charge in [-0.05, 0) is 83.1 Å². The highest BCUT2D eigenvalue weighted by molar-refractivity contribution is 7.13. The Labute approximate surface area is 413 Å². The van der Waals surface area contributed by atoms with Gasteiger partial charge in [-0.3, -0.25) is 24.0 Å². The third kappa shape index (κ3) is 12.8. The first-order valence-corrected chi connectivity index (χ1v) is 24.2. The average Bonchev–Trinajstić information content (AvgIpc) is 4.06. The van der Waals surface area contributed by atoms with E-state index in [4.69, 9.17) is 4.74 Å². The number of aromatic nitrogens is 9. The smallest absolute Gasteiger partial charge is 0.407 e. The van der Waals surface area contributed by atoms with Crippen molar-refractivity contribution in [2.75, 3.05) is 37.8 Å². The summed E-state index contributed by atoms with van der Waals surface area (Å²) in [5, 5.41) is 22.7. The van der Waals surface area contributed by atoms with Crippen LogP contribution in [0.25, 0.3) is 22.5 Å². The monoisotopic (exact) mass is 965 g/mol. The van der Waals surface area contributed by atoms with E-state index in [1.165, 1.54) is 22.7 Å². The molecule has 9 rings (SSSR count). The Hall–Kier alpha value is -7.09. The topological polar surface area (TPSA) is 198 Å². The van der Waals surface area contributed by atoms with Crippen LogP contribution in [0.15, 0.2) is 79.5 Å². The summed E-state index contributed by atoms with van der Waals surface area (Å²) in [5.41, 5.74) is 9.59. The van der Waals surface area contributed by atoms with Crippen molar-refractivity contribution >= 4 is 46.6 Å². The second-order valence-electron chi connectivity index (χ2n) is 19.9. The number of nitrogens with zero attached hydrogens (tertiary/aromatic N) is 11. The normalized spacial score (nSPS) is 13.9. The minimum Gasteiger partial charge on any atom is -0.444 e. The van der Waals surface area contributed by atoms with Crippen LogP contribution in [0.1, 0.15) is 89.9 Å². The molecular formula is C51H63N15O3S. The molecule has 0 atom stereocenters. The number of nitrogens with one attached hydrogen (secondary N) is 4. The fourth-order valence-corrected chi connectivity index (χ4v) is 8.81. The molecule has 7 aromatic rings. The molecule has 2 aliphatic heterocycles. The van der Waals surface area contributed by atoms with Crippen LogP contribution < -0.4 is 21.3 Å². The number of alkyl carbamates (subject to hydrolysis) is 1. The summed E-state index contributed by atoms with van der Waals surface area (Å²) < 4.78 is 9.39. The van der Waals surface area contributed by atoms with Crippen molar-refractivity contribution in [3.63, 3.8) is 0 Å². The van der Waals surface area contributed by atoms with Gasteiger partial charge in [0.15, 0.2) is 11.6 Å². The summed E-state index contributed by atoms with van der Waals surface area (Å²) in [6.07, 6.45) is 4.35. The van der Waals surface area contributed by atoms with Gasteiger partial charge in [0.25, 0.3) is 5.91 Å². The van der Waals surface area contributed by atoms with E-state index >= 15 is 0 Å². The maximum atomic E-state index is 12.7. The molecule has 5 aromatic heterocycles. The predicted octanol–water partition coefficient (Wildman–Crippen LogP) is 8.38. The molecule has 0 aliphatic carbocycles. The maximum absolute atomic E-state index is 12.7. The first-order valence-electron chi connectivity index (χ1n) is 23.4. The van der Waals surface area contributed by atoms with Crippen LogP contribution in [0.3, 0.4) is 0 Å². The number of benzene rings is 2. The Morgan fingerprint density at radius 1 is 0.629 bits per heavy atom. The number of carbonyl (C=O) groups excluding carboxylic acids is 2. The first-order chi connectivity index (χ1) is 33.3. The van der Waals surface area contributed by atoms with Crippen LogP contribution in [-0.4, -0.2) is 99.1 Å². The van der Waals surface area contributed by atoms with Crippen molar-refractivity contribution in [1.82, 2.24) is 64.9 Å². The number of aryl methyl sites for hydroxylation is 2. The Morgan fingerprint density at radius 3 is 1.59 bits per heavy atom. The number of thiazole rings is 1. The number of anilines is 4. The molecule has 0 saturated heterocycles. The van der Waals surface area contributed by atoms with E-state index in [-0.39, 0.29) is 11.3 Å². The standard InChI is InChI=1S/C27H32N8OS.C24H31N7O2/c1-17-10-18(6-7-19(17)13-28-25(36)22-14-29-26(37-22)27(2,3)4)21-12-23(31-16-30-21)32-24-11-20-15-34(5)8-9-35(20)33-24;1-16-10-17(6-7-18(16)13-25-23(32)33-24(2,3)4)20-12-21(27-15-26-20)28-22-11-19-14-30(5)8-9-31(19)29-22/h6-7,10-12,14,16H,8-9,13,15H2,1-5H3,(H,28,36)(H,30,31,32,33);6-7,10-12,15H,8-9,13-14H2,1-5H3,(H,25,32)(H,26,27,28,29). The fraction of sp³-hybridized carbons (Fsp3) is 0.392.